The van der Waals surface area contributed by atoms with Crippen LogP contribution < -0.4 is 4.90 Å². The lowest BCUT2D eigenvalue weighted by Crippen LogP contribution is -2.46. The van der Waals surface area contributed by atoms with E-state index in [1.54, 1.807) is 7.11 Å². The summed E-state index contributed by atoms with van der Waals surface area (Å²) in [5, 5.41) is 2.03. The average Bonchev–Trinajstić information content (AvgIpc) is 2.41. The number of ether oxygens (including phenoxy) is 1. The standard InChI is InChI=1S/C13H20N2O2/c1-16-11-12-17-15-9-7-14(8-10-15)13-5-3-2-4-6-13/h2-6H,7-12H2,1H3. The fourth-order valence-electron chi connectivity index (χ4n) is 1.96. The third-order valence-corrected chi connectivity index (χ3v) is 2.92. The highest BCUT2D eigenvalue weighted by Crippen LogP contribution is 2.15. The third-order valence-electron chi connectivity index (χ3n) is 2.92. The molecule has 0 spiro atoms. The van der Waals surface area contributed by atoms with Gasteiger partial charge in [-0.05, 0) is 12.1 Å². The number of para-hydroxylation sites is 1. The van der Waals surface area contributed by atoms with Crippen molar-refractivity contribution >= 4 is 5.69 Å². The van der Waals surface area contributed by atoms with Gasteiger partial charge in [-0.1, -0.05) is 18.2 Å². The number of anilines is 1. The van der Waals surface area contributed by atoms with Crippen molar-refractivity contribution in [3.05, 3.63) is 30.3 Å². The number of hydroxylamine groups is 2. The molecule has 1 aliphatic rings. The Labute approximate surface area is 103 Å². The van der Waals surface area contributed by atoms with Crippen molar-refractivity contribution in [2.24, 2.45) is 0 Å². The van der Waals surface area contributed by atoms with Crippen LogP contribution in [0.4, 0.5) is 5.69 Å². The topological polar surface area (TPSA) is 24.9 Å². The lowest BCUT2D eigenvalue weighted by atomic mass is 10.2. The van der Waals surface area contributed by atoms with Crippen LogP contribution in [0.2, 0.25) is 0 Å². The average molecular weight is 236 g/mol. The molecule has 0 aromatic heterocycles. The van der Waals surface area contributed by atoms with Crippen LogP contribution in [0, 0.1) is 0 Å². The Hall–Kier alpha value is -1.10. The predicted octanol–water partition coefficient (Wildman–Crippen LogP) is 1.39. The Balaban J connectivity index is 1.74. The van der Waals surface area contributed by atoms with E-state index in [0.717, 1.165) is 26.2 Å². The van der Waals surface area contributed by atoms with Gasteiger partial charge < -0.3 is 9.64 Å². The molecular formula is C13H20N2O2. The normalized spacial score (nSPS) is 17.4. The van der Waals surface area contributed by atoms with E-state index >= 15 is 0 Å². The second-order valence-corrected chi connectivity index (χ2v) is 4.08. The highest BCUT2D eigenvalue weighted by atomic mass is 16.7. The Morgan fingerprint density at radius 1 is 1.00 bits per heavy atom. The number of nitrogens with zero attached hydrogens (tertiary/aromatic N) is 2. The molecule has 0 bridgehead atoms. The summed E-state index contributed by atoms with van der Waals surface area (Å²) in [6.45, 7) is 5.20. The van der Waals surface area contributed by atoms with Gasteiger partial charge in [0.1, 0.15) is 0 Å². The first-order chi connectivity index (χ1) is 8.40. The molecule has 0 atom stereocenters. The third kappa shape index (κ3) is 3.70. The van der Waals surface area contributed by atoms with E-state index in [1.807, 2.05) is 11.1 Å². The molecule has 1 aliphatic heterocycles. The van der Waals surface area contributed by atoms with Gasteiger partial charge in [-0.2, -0.15) is 5.06 Å². The SMILES string of the molecule is COCCON1CCN(c2ccccc2)CC1. The van der Waals surface area contributed by atoms with E-state index in [4.69, 9.17) is 9.57 Å². The number of piperazine rings is 1. The van der Waals surface area contributed by atoms with E-state index < -0.39 is 0 Å². The molecule has 17 heavy (non-hydrogen) atoms. The smallest absolute Gasteiger partial charge is 0.0918 e. The number of hydrogen-bond acceptors (Lipinski definition) is 4. The zero-order chi connectivity index (χ0) is 11.9. The van der Waals surface area contributed by atoms with Gasteiger partial charge in [-0.25, -0.2) is 0 Å². The van der Waals surface area contributed by atoms with E-state index in [9.17, 15) is 0 Å². The zero-order valence-electron chi connectivity index (χ0n) is 10.3. The van der Waals surface area contributed by atoms with Crippen LogP contribution in [-0.4, -0.2) is 51.6 Å². The fourth-order valence-corrected chi connectivity index (χ4v) is 1.96. The minimum absolute atomic E-state index is 0.641. The van der Waals surface area contributed by atoms with Crippen molar-refractivity contribution in [1.82, 2.24) is 5.06 Å². The summed E-state index contributed by atoms with van der Waals surface area (Å²) in [6.07, 6.45) is 0. The van der Waals surface area contributed by atoms with Crippen molar-refractivity contribution in [2.45, 2.75) is 0 Å². The van der Waals surface area contributed by atoms with Gasteiger partial charge in [-0.15, -0.1) is 0 Å². The van der Waals surface area contributed by atoms with E-state index in [2.05, 4.69) is 29.2 Å². The quantitative estimate of drug-likeness (QED) is 0.721. The van der Waals surface area contributed by atoms with E-state index in [-0.39, 0.29) is 0 Å². The molecule has 1 aromatic carbocycles. The second-order valence-electron chi connectivity index (χ2n) is 4.08. The van der Waals surface area contributed by atoms with Crippen molar-refractivity contribution in [3.8, 4) is 0 Å². The summed E-state index contributed by atoms with van der Waals surface area (Å²) in [7, 11) is 1.69. The lowest BCUT2D eigenvalue weighted by Gasteiger charge is -2.35. The first kappa shape index (κ1) is 12.4. The molecule has 1 heterocycles. The molecule has 2 rings (SSSR count). The lowest BCUT2D eigenvalue weighted by molar-refractivity contribution is -0.169. The molecule has 0 saturated carbocycles. The van der Waals surface area contributed by atoms with Crippen LogP contribution in [0.15, 0.2) is 30.3 Å². The Morgan fingerprint density at radius 3 is 2.35 bits per heavy atom. The Morgan fingerprint density at radius 2 is 1.71 bits per heavy atom. The first-order valence-electron chi connectivity index (χ1n) is 6.07. The molecule has 0 N–H and O–H groups in total. The highest BCUT2D eigenvalue weighted by Gasteiger charge is 2.17. The van der Waals surface area contributed by atoms with Crippen LogP contribution in [0.25, 0.3) is 0 Å². The monoisotopic (exact) mass is 236 g/mol. The summed E-state index contributed by atoms with van der Waals surface area (Å²) < 4.78 is 4.96. The molecule has 1 aromatic rings. The van der Waals surface area contributed by atoms with Crippen LogP contribution >= 0.6 is 0 Å². The van der Waals surface area contributed by atoms with Crippen LogP contribution in [0.5, 0.6) is 0 Å². The molecule has 94 valence electrons. The molecule has 4 heteroatoms. The summed E-state index contributed by atoms with van der Waals surface area (Å²) in [4.78, 5) is 7.97. The Bertz CT molecular complexity index is 310. The summed E-state index contributed by atoms with van der Waals surface area (Å²) >= 11 is 0. The maximum absolute atomic E-state index is 5.59. The van der Waals surface area contributed by atoms with E-state index in [0.29, 0.717) is 13.2 Å². The number of benzene rings is 1. The zero-order valence-corrected chi connectivity index (χ0v) is 10.3. The molecule has 4 nitrogen and oxygen atoms in total. The van der Waals surface area contributed by atoms with Gasteiger partial charge >= 0.3 is 0 Å². The number of rotatable bonds is 5. The minimum atomic E-state index is 0.641. The predicted molar refractivity (Wildman–Crippen MR) is 68.1 cm³/mol. The molecule has 0 aliphatic carbocycles. The van der Waals surface area contributed by atoms with Crippen LogP contribution in [0.1, 0.15) is 0 Å². The molecule has 1 saturated heterocycles. The first-order valence-corrected chi connectivity index (χ1v) is 6.07. The van der Waals surface area contributed by atoms with Crippen molar-refractivity contribution in [3.63, 3.8) is 0 Å². The van der Waals surface area contributed by atoms with Gasteiger partial charge in [-0.3, -0.25) is 4.84 Å². The van der Waals surface area contributed by atoms with Crippen LogP contribution in [0.3, 0.4) is 0 Å². The molecule has 0 amide bonds. The van der Waals surface area contributed by atoms with Crippen LogP contribution in [-0.2, 0) is 9.57 Å². The van der Waals surface area contributed by atoms with Gasteiger partial charge in [0.2, 0.25) is 0 Å². The van der Waals surface area contributed by atoms with Gasteiger partial charge in [0, 0.05) is 39.0 Å². The molecule has 1 fully saturated rings. The fraction of sp³-hybridized carbons (Fsp3) is 0.538. The van der Waals surface area contributed by atoms with Crippen molar-refractivity contribution in [1.29, 1.82) is 0 Å². The van der Waals surface area contributed by atoms with Gasteiger partial charge in [0.15, 0.2) is 0 Å². The largest absolute Gasteiger partial charge is 0.382 e. The number of methoxy groups -OCH3 is 1. The molecular weight excluding hydrogens is 216 g/mol. The van der Waals surface area contributed by atoms with Gasteiger partial charge in [0.05, 0.1) is 13.2 Å². The van der Waals surface area contributed by atoms with Crippen molar-refractivity contribution in [2.75, 3.05) is 51.4 Å². The minimum Gasteiger partial charge on any atom is -0.382 e. The number of hydrogen-bond donors (Lipinski definition) is 0. The van der Waals surface area contributed by atoms with Gasteiger partial charge in [0.25, 0.3) is 0 Å². The second kappa shape index (κ2) is 6.59. The highest BCUT2D eigenvalue weighted by molar-refractivity contribution is 5.46. The molecule has 0 radical (unpaired) electrons. The molecule has 0 unspecified atom stereocenters. The van der Waals surface area contributed by atoms with Crippen molar-refractivity contribution < 1.29 is 9.57 Å². The summed E-state index contributed by atoms with van der Waals surface area (Å²) in [6, 6.07) is 10.5. The van der Waals surface area contributed by atoms with E-state index in [1.165, 1.54) is 5.69 Å². The summed E-state index contributed by atoms with van der Waals surface area (Å²) in [5.41, 5.74) is 1.30. The maximum atomic E-state index is 5.59. The maximum Gasteiger partial charge on any atom is 0.0918 e. The summed E-state index contributed by atoms with van der Waals surface area (Å²) in [5.74, 6) is 0. The Kier molecular flexibility index (Phi) is 4.79.